The van der Waals surface area contributed by atoms with E-state index in [0.29, 0.717) is 5.88 Å². The van der Waals surface area contributed by atoms with Gasteiger partial charge in [-0.2, -0.15) is 0 Å². The Balaban J connectivity index is 0. The number of carboxylic acid groups (broad SMARTS) is 1. The minimum atomic E-state index is -0.935. The van der Waals surface area contributed by atoms with Crippen LogP contribution in [-0.2, 0) is 4.79 Å². The van der Waals surface area contributed by atoms with Crippen molar-refractivity contribution in [2.75, 3.05) is 27.0 Å². The highest BCUT2D eigenvalue weighted by molar-refractivity contribution is 6.18. The van der Waals surface area contributed by atoms with Crippen molar-refractivity contribution < 1.29 is 9.90 Å². The Labute approximate surface area is 95.9 Å². The number of aliphatic carboxylic acids is 1. The molecule has 0 atom stereocenters. The number of hydrogen-bond acceptors (Lipinski definition) is 4. The smallest absolute Gasteiger partial charge is 0.330 e. The topological polar surface area (TPSA) is 73.4 Å². The maximum absolute atomic E-state index is 9.60. The van der Waals surface area contributed by atoms with Crippen molar-refractivity contribution in [1.82, 2.24) is 16.0 Å². The van der Waals surface area contributed by atoms with Gasteiger partial charge in [0.15, 0.2) is 0 Å². The van der Waals surface area contributed by atoms with E-state index in [2.05, 4.69) is 22.5 Å². The van der Waals surface area contributed by atoms with Gasteiger partial charge in [0, 0.05) is 5.57 Å². The van der Waals surface area contributed by atoms with Crippen LogP contribution in [0.1, 0.15) is 6.92 Å². The minimum absolute atomic E-state index is 0.176. The minimum Gasteiger partial charge on any atom is -0.478 e. The second-order valence-corrected chi connectivity index (χ2v) is 3.14. The predicted octanol–water partition coefficient (Wildman–Crippen LogP) is 0.184. The lowest BCUT2D eigenvalue weighted by Crippen LogP contribution is -2.64. The summed E-state index contributed by atoms with van der Waals surface area (Å²) >= 11 is 5.64. The molecule has 90 valence electrons. The number of alkyl halides is 1. The van der Waals surface area contributed by atoms with Gasteiger partial charge in [-0.1, -0.05) is 6.58 Å². The third-order valence-electron chi connectivity index (χ3n) is 1.85. The lowest BCUT2D eigenvalue weighted by atomic mass is 10.4. The molecule has 5 nitrogen and oxygen atoms in total. The highest BCUT2D eigenvalue weighted by atomic mass is 35.5. The van der Waals surface area contributed by atoms with Crippen LogP contribution in [0, 0.1) is 0 Å². The van der Waals surface area contributed by atoms with Gasteiger partial charge in [0.1, 0.15) is 5.79 Å². The van der Waals surface area contributed by atoms with E-state index in [-0.39, 0.29) is 11.4 Å². The van der Waals surface area contributed by atoms with Crippen molar-refractivity contribution >= 4 is 17.6 Å². The summed E-state index contributed by atoms with van der Waals surface area (Å²) in [6.45, 7) is 4.60. The van der Waals surface area contributed by atoms with Gasteiger partial charge in [-0.05, 0) is 28.1 Å². The van der Waals surface area contributed by atoms with E-state index < -0.39 is 5.97 Å². The SMILES string of the molecule is C=C(C)C(=O)O.CNC(CCl)(NC)NC. The molecule has 4 N–H and O–H groups in total. The maximum Gasteiger partial charge on any atom is 0.330 e. The number of halogens is 1. The predicted molar refractivity (Wildman–Crippen MR) is 63.1 cm³/mol. The van der Waals surface area contributed by atoms with Gasteiger partial charge in [-0.3, -0.25) is 16.0 Å². The van der Waals surface area contributed by atoms with Gasteiger partial charge < -0.3 is 5.11 Å². The molecule has 0 aliphatic heterocycles. The van der Waals surface area contributed by atoms with Crippen molar-refractivity contribution in [1.29, 1.82) is 0 Å². The summed E-state index contributed by atoms with van der Waals surface area (Å²) < 4.78 is 0. The van der Waals surface area contributed by atoms with Gasteiger partial charge in [-0.25, -0.2) is 4.79 Å². The Morgan fingerprint density at radius 2 is 1.60 bits per heavy atom. The molecule has 0 aromatic carbocycles. The van der Waals surface area contributed by atoms with Crippen LogP contribution in [-0.4, -0.2) is 43.9 Å². The molecule has 0 heterocycles. The lowest BCUT2D eigenvalue weighted by molar-refractivity contribution is -0.132. The normalized spacial score (nSPS) is 10.2. The first-order chi connectivity index (χ1) is 6.89. The zero-order valence-electron chi connectivity index (χ0n) is 9.65. The molecule has 0 unspecified atom stereocenters. The fraction of sp³-hybridized carbons (Fsp3) is 0.667. The molecule has 0 amide bonds. The average Bonchev–Trinajstić information content (AvgIpc) is 2.23. The van der Waals surface area contributed by atoms with E-state index in [0.717, 1.165) is 0 Å². The third-order valence-corrected chi connectivity index (χ3v) is 2.25. The molecule has 15 heavy (non-hydrogen) atoms. The molecule has 0 spiro atoms. The van der Waals surface area contributed by atoms with Crippen molar-refractivity contribution in [3.8, 4) is 0 Å². The second kappa shape index (κ2) is 8.67. The number of rotatable bonds is 5. The zero-order chi connectivity index (χ0) is 12.5. The third kappa shape index (κ3) is 7.33. The maximum atomic E-state index is 9.60. The van der Waals surface area contributed by atoms with Crippen LogP contribution in [0.4, 0.5) is 0 Å². The Hall–Kier alpha value is -0.620. The summed E-state index contributed by atoms with van der Waals surface area (Å²) in [5.41, 5.74) is 0.176. The molecule has 0 aromatic rings. The van der Waals surface area contributed by atoms with E-state index in [1.807, 2.05) is 21.1 Å². The molecule has 0 aliphatic carbocycles. The first-order valence-electron chi connectivity index (χ1n) is 4.40. The summed E-state index contributed by atoms with van der Waals surface area (Å²) in [6, 6.07) is 0. The molecular weight excluding hydrogens is 218 g/mol. The Morgan fingerprint density at radius 1 is 1.33 bits per heavy atom. The zero-order valence-corrected chi connectivity index (χ0v) is 10.4. The van der Waals surface area contributed by atoms with Crippen molar-refractivity contribution in [3.05, 3.63) is 12.2 Å². The molecule has 6 heteroatoms. The summed E-state index contributed by atoms with van der Waals surface area (Å²) in [5.74, 6) is -0.770. The quantitative estimate of drug-likeness (QED) is 0.312. The van der Waals surface area contributed by atoms with Gasteiger partial charge in [0.05, 0.1) is 5.88 Å². The Kier molecular flexibility index (Phi) is 9.71. The standard InChI is InChI=1S/C5H14ClN3.C4H6O2/c1-7-5(4-6,8-2)9-3;1-3(2)4(5)6/h7-9H,4H2,1-3H3;1H2,2H3,(H,5,6). The number of hydrogen-bond donors (Lipinski definition) is 4. The van der Waals surface area contributed by atoms with Crippen LogP contribution in [0.3, 0.4) is 0 Å². The number of carboxylic acids is 1. The number of nitrogens with one attached hydrogen (secondary N) is 3. The average molecular weight is 238 g/mol. The molecule has 0 saturated carbocycles. The van der Waals surface area contributed by atoms with Gasteiger partial charge in [0.2, 0.25) is 0 Å². The fourth-order valence-corrected chi connectivity index (χ4v) is 0.976. The monoisotopic (exact) mass is 237 g/mol. The molecule has 0 saturated heterocycles. The summed E-state index contributed by atoms with van der Waals surface area (Å²) in [7, 11) is 5.53. The van der Waals surface area contributed by atoms with E-state index in [1.54, 1.807) is 0 Å². The van der Waals surface area contributed by atoms with Gasteiger partial charge in [-0.15, -0.1) is 11.6 Å². The van der Waals surface area contributed by atoms with Crippen LogP contribution < -0.4 is 16.0 Å². The van der Waals surface area contributed by atoms with Crippen LogP contribution >= 0.6 is 11.6 Å². The Bertz CT molecular complexity index is 176. The largest absolute Gasteiger partial charge is 0.478 e. The molecule has 0 bridgehead atoms. The van der Waals surface area contributed by atoms with Crippen molar-refractivity contribution in [2.24, 2.45) is 0 Å². The first-order valence-corrected chi connectivity index (χ1v) is 4.94. The van der Waals surface area contributed by atoms with Crippen LogP contribution in [0.15, 0.2) is 12.2 Å². The molecule has 0 fully saturated rings. The summed E-state index contributed by atoms with van der Waals surface area (Å²) in [6.07, 6.45) is 0. The van der Waals surface area contributed by atoms with Gasteiger partial charge in [0.25, 0.3) is 0 Å². The first kappa shape index (κ1) is 16.8. The highest BCUT2D eigenvalue weighted by Gasteiger charge is 2.20. The molecular formula is C9H20ClN3O2. The van der Waals surface area contributed by atoms with Crippen molar-refractivity contribution in [3.63, 3.8) is 0 Å². The lowest BCUT2D eigenvalue weighted by Gasteiger charge is -2.30. The van der Waals surface area contributed by atoms with E-state index in [9.17, 15) is 4.79 Å². The summed E-state index contributed by atoms with van der Waals surface area (Å²) in [4.78, 5) is 9.60. The van der Waals surface area contributed by atoms with Crippen molar-refractivity contribution in [2.45, 2.75) is 12.7 Å². The van der Waals surface area contributed by atoms with Crippen LogP contribution in [0.25, 0.3) is 0 Å². The highest BCUT2D eigenvalue weighted by Crippen LogP contribution is 1.93. The van der Waals surface area contributed by atoms with E-state index >= 15 is 0 Å². The Morgan fingerprint density at radius 3 is 1.60 bits per heavy atom. The molecule has 0 aliphatic rings. The van der Waals surface area contributed by atoms with Crippen LogP contribution in [0.5, 0.6) is 0 Å². The molecule has 0 rings (SSSR count). The fourth-order valence-electron chi connectivity index (χ4n) is 0.575. The number of carbonyl (C=O) groups is 1. The molecule has 0 aromatic heterocycles. The second-order valence-electron chi connectivity index (χ2n) is 2.87. The van der Waals surface area contributed by atoms with E-state index in [4.69, 9.17) is 16.7 Å². The molecule has 0 radical (unpaired) electrons. The van der Waals surface area contributed by atoms with Gasteiger partial charge >= 0.3 is 5.97 Å². The summed E-state index contributed by atoms with van der Waals surface area (Å²) in [5, 5.41) is 16.9. The van der Waals surface area contributed by atoms with Crippen LogP contribution in [0.2, 0.25) is 0 Å². The van der Waals surface area contributed by atoms with E-state index in [1.165, 1.54) is 6.92 Å².